The Hall–Kier alpha value is -1.77. The van der Waals surface area contributed by atoms with E-state index in [1.807, 2.05) is 6.07 Å². The molecular weight excluding hydrogens is 200 g/mol. The normalized spacial score (nSPS) is 15.2. The Morgan fingerprint density at radius 3 is 3.19 bits per heavy atom. The fourth-order valence-corrected chi connectivity index (χ4v) is 2.20. The molecule has 1 aromatic heterocycles. The van der Waals surface area contributed by atoms with Crippen LogP contribution in [-0.4, -0.2) is 18.9 Å². The van der Waals surface area contributed by atoms with Crippen molar-refractivity contribution in [1.29, 1.82) is 0 Å². The first kappa shape index (κ1) is 9.46. The molecule has 16 heavy (non-hydrogen) atoms. The fraction of sp³-hybridized carbons (Fsp3) is 0.308. The van der Waals surface area contributed by atoms with Crippen molar-refractivity contribution >= 4 is 16.8 Å². The summed E-state index contributed by atoms with van der Waals surface area (Å²) in [6.45, 7) is 3.96. The maximum absolute atomic E-state index is 5.43. The monoisotopic (exact) mass is 214 g/mol. The van der Waals surface area contributed by atoms with Gasteiger partial charge >= 0.3 is 0 Å². The van der Waals surface area contributed by atoms with E-state index in [1.54, 1.807) is 6.26 Å². The number of nitrogens with one attached hydrogen (secondary N) is 1. The zero-order valence-corrected chi connectivity index (χ0v) is 9.29. The van der Waals surface area contributed by atoms with E-state index in [1.165, 1.54) is 16.5 Å². The van der Waals surface area contributed by atoms with E-state index in [4.69, 9.17) is 4.42 Å². The lowest BCUT2D eigenvalue weighted by Crippen LogP contribution is -2.20. The second kappa shape index (κ2) is 3.67. The minimum atomic E-state index is 0.891. The van der Waals surface area contributed by atoms with Crippen LogP contribution in [0.25, 0.3) is 11.0 Å². The predicted octanol–water partition coefficient (Wildman–Crippen LogP) is 2.29. The number of nitrogens with zero attached hydrogens (tertiary/aromatic N) is 1. The van der Waals surface area contributed by atoms with Crippen LogP contribution in [0.4, 0.5) is 0 Å². The molecular formula is C13H14N2O. The van der Waals surface area contributed by atoms with Crippen molar-refractivity contribution in [2.45, 2.75) is 13.3 Å². The molecule has 2 aromatic rings. The summed E-state index contributed by atoms with van der Waals surface area (Å²) in [7, 11) is 0. The van der Waals surface area contributed by atoms with Crippen molar-refractivity contribution in [3.63, 3.8) is 0 Å². The van der Waals surface area contributed by atoms with Crippen molar-refractivity contribution in [2.75, 3.05) is 13.1 Å². The van der Waals surface area contributed by atoms with Crippen LogP contribution in [0, 0.1) is 6.92 Å². The SMILES string of the molecule is Cc1cc(CC2=NCCN2)cc2ccoc12. The number of furan rings is 1. The number of amidine groups is 1. The van der Waals surface area contributed by atoms with Crippen LogP contribution in [-0.2, 0) is 6.42 Å². The summed E-state index contributed by atoms with van der Waals surface area (Å²) in [6, 6.07) is 6.36. The van der Waals surface area contributed by atoms with Crippen LogP contribution in [0.2, 0.25) is 0 Å². The van der Waals surface area contributed by atoms with Gasteiger partial charge < -0.3 is 9.73 Å². The third-order valence-electron chi connectivity index (χ3n) is 2.91. The molecule has 3 nitrogen and oxygen atoms in total. The van der Waals surface area contributed by atoms with Gasteiger partial charge in [-0.1, -0.05) is 6.07 Å². The average Bonchev–Trinajstić information content (AvgIpc) is 2.87. The predicted molar refractivity (Wildman–Crippen MR) is 65.0 cm³/mol. The Bertz CT molecular complexity index is 554. The molecule has 0 atom stereocenters. The maximum Gasteiger partial charge on any atom is 0.136 e. The Labute approximate surface area is 94.2 Å². The molecule has 1 aromatic carbocycles. The molecule has 0 fully saturated rings. The molecule has 2 heterocycles. The van der Waals surface area contributed by atoms with Gasteiger partial charge in [-0.3, -0.25) is 4.99 Å². The van der Waals surface area contributed by atoms with E-state index in [0.717, 1.165) is 30.9 Å². The highest BCUT2D eigenvalue weighted by Gasteiger charge is 2.08. The average molecular weight is 214 g/mol. The zero-order chi connectivity index (χ0) is 11.0. The molecule has 1 N–H and O–H groups in total. The number of fused-ring (bicyclic) bond motifs is 1. The molecule has 3 rings (SSSR count). The molecule has 0 amide bonds. The molecule has 1 aliphatic rings. The highest BCUT2D eigenvalue weighted by atomic mass is 16.3. The number of benzene rings is 1. The summed E-state index contributed by atoms with van der Waals surface area (Å²) in [5, 5.41) is 4.47. The van der Waals surface area contributed by atoms with Crippen LogP contribution in [0.15, 0.2) is 33.9 Å². The Morgan fingerprint density at radius 1 is 1.44 bits per heavy atom. The highest BCUT2D eigenvalue weighted by molar-refractivity contribution is 5.88. The van der Waals surface area contributed by atoms with Gasteiger partial charge in [-0.05, 0) is 30.2 Å². The maximum atomic E-state index is 5.43. The topological polar surface area (TPSA) is 37.5 Å². The van der Waals surface area contributed by atoms with Gasteiger partial charge in [0, 0.05) is 18.4 Å². The first-order valence-electron chi connectivity index (χ1n) is 5.57. The van der Waals surface area contributed by atoms with Gasteiger partial charge in [-0.15, -0.1) is 0 Å². The molecule has 3 heteroatoms. The molecule has 0 spiro atoms. The van der Waals surface area contributed by atoms with Gasteiger partial charge in [0.15, 0.2) is 0 Å². The first-order chi connectivity index (χ1) is 7.83. The van der Waals surface area contributed by atoms with Gasteiger partial charge in [0.1, 0.15) is 11.4 Å². The lowest BCUT2D eigenvalue weighted by atomic mass is 10.1. The summed E-state index contributed by atoms with van der Waals surface area (Å²) in [4.78, 5) is 4.41. The van der Waals surface area contributed by atoms with E-state index in [2.05, 4.69) is 29.4 Å². The summed E-state index contributed by atoms with van der Waals surface area (Å²) in [5.41, 5.74) is 3.47. The van der Waals surface area contributed by atoms with Crippen molar-refractivity contribution in [3.05, 3.63) is 35.6 Å². The van der Waals surface area contributed by atoms with Gasteiger partial charge in [0.25, 0.3) is 0 Å². The van der Waals surface area contributed by atoms with E-state index >= 15 is 0 Å². The summed E-state index contributed by atoms with van der Waals surface area (Å²) < 4.78 is 5.43. The van der Waals surface area contributed by atoms with Crippen LogP contribution in [0.3, 0.4) is 0 Å². The number of aryl methyl sites for hydroxylation is 1. The van der Waals surface area contributed by atoms with E-state index in [0.29, 0.717) is 0 Å². The van der Waals surface area contributed by atoms with Crippen molar-refractivity contribution in [3.8, 4) is 0 Å². The number of aliphatic imine (C=N–C) groups is 1. The molecule has 82 valence electrons. The van der Waals surface area contributed by atoms with Crippen LogP contribution >= 0.6 is 0 Å². The molecule has 0 saturated heterocycles. The van der Waals surface area contributed by atoms with Crippen LogP contribution < -0.4 is 5.32 Å². The lowest BCUT2D eigenvalue weighted by molar-refractivity contribution is 0.613. The highest BCUT2D eigenvalue weighted by Crippen LogP contribution is 2.22. The van der Waals surface area contributed by atoms with Gasteiger partial charge in [-0.25, -0.2) is 0 Å². The molecule has 1 aliphatic heterocycles. The second-order valence-electron chi connectivity index (χ2n) is 4.18. The molecule has 0 radical (unpaired) electrons. The Balaban J connectivity index is 1.97. The van der Waals surface area contributed by atoms with Crippen LogP contribution in [0.5, 0.6) is 0 Å². The standard InChI is InChI=1S/C13H14N2O/c1-9-6-10(8-12-14-3-4-15-12)7-11-2-5-16-13(9)11/h2,5-7H,3-4,8H2,1H3,(H,14,15). The fourth-order valence-electron chi connectivity index (χ4n) is 2.20. The number of rotatable bonds is 2. The summed E-state index contributed by atoms with van der Waals surface area (Å²) >= 11 is 0. The van der Waals surface area contributed by atoms with E-state index < -0.39 is 0 Å². The third kappa shape index (κ3) is 1.58. The number of hydrogen-bond donors (Lipinski definition) is 1. The molecule has 0 unspecified atom stereocenters. The summed E-state index contributed by atoms with van der Waals surface area (Å²) in [6.07, 6.45) is 2.63. The second-order valence-corrected chi connectivity index (χ2v) is 4.18. The Kier molecular flexibility index (Phi) is 2.17. The van der Waals surface area contributed by atoms with E-state index in [-0.39, 0.29) is 0 Å². The van der Waals surface area contributed by atoms with Crippen molar-refractivity contribution < 1.29 is 4.42 Å². The first-order valence-corrected chi connectivity index (χ1v) is 5.57. The minimum Gasteiger partial charge on any atom is -0.464 e. The molecule has 0 bridgehead atoms. The quantitative estimate of drug-likeness (QED) is 0.832. The van der Waals surface area contributed by atoms with Gasteiger partial charge in [-0.2, -0.15) is 0 Å². The third-order valence-corrected chi connectivity index (χ3v) is 2.91. The Morgan fingerprint density at radius 2 is 2.38 bits per heavy atom. The number of hydrogen-bond acceptors (Lipinski definition) is 3. The van der Waals surface area contributed by atoms with Crippen molar-refractivity contribution in [1.82, 2.24) is 5.32 Å². The van der Waals surface area contributed by atoms with E-state index in [9.17, 15) is 0 Å². The largest absolute Gasteiger partial charge is 0.464 e. The smallest absolute Gasteiger partial charge is 0.136 e. The van der Waals surface area contributed by atoms with Crippen LogP contribution in [0.1, 0.15) is 11.1 Å². The van der Waals surface area contributed by atoms with Gasteiger partial charge in [0.05, 0.1) is 12.8 Å². The van der Waals surface area contributed by atoms with Gasteiger partial charge in [0.2, 0.25) is 0 Å². The summed E-state index contributed by atoms with van der Waals surface area (Å²) in [5.74, 6) is 1.10. The molecule has 0 saturated carbocycles. The minimum absolute atomic E-state index is 0.891. The molecule has 0 aliphatic carbocycles. The zero-order valence-electron chi connectivity index (χ0n) is 9.29. The lowest BCUT2D eigenvalue weighted by Gasteiger charge is -2.04. The van der Waals surface area contributed by atoms with Crippen molar-refractivity contribution in [2.24, 2.45) is 4.99 Å².